The summed E-state index contributed by atoms with van der Waals surface area (Å²) in [5.74, 6) is 0. The van der Waals surface area contributed by atoms with Crippen LogP contribution in [-0.2, 0) is 0 Å². The van der Waals surface area contributed by atoms with E-state index >= 15 is 0 Å². The summed E-state index contributed by atoms with van der Waals surface area (Å²) in [6.07, 6.45) is 1.53. The molecular formula is C6H14O. The van der Waals surface area contributed by atoms with Crippen LogP contribution in [0.1, 0.15) is 35.0 Å². The van der Waals surface area contributed by atoms with Crippen LogP contribution in [0.25, 0.3) is 0 Å². The summed E-state index contributed by atoms with van der Waals surface area (Å²) in [5.41, 5.74) is -0.568. The minimum atomic E-state index is -0.568. The molecule has 0 unspecified atom stereocenters. The highest BCUT2D eigenvalue weighted by atomic mass is 16.3. The van der Waals surface area contributed by atoms with E-state index in [4.69, 9.17) is 6.48 Å². The van der Waals surface area contributed by atoms with Crippen LogP contribution in [0.4, 0.5) is 0 Å². The number of aliphatic hydroxyl groups is 1. The summed E-state index contributed by atoms with van der Waals surface area (Å²) in [7, 11) is 0. The van der Waals surface area contributed by atoms with Gasteiger partial charge in [-0.2, -0.15) is 0 Å². The summed E-state index contributed by atoms with van der Waals surface area (Å²) >= 11 is 0. The maximum atomic E-state index is 9.07. The largest absolute Gasteiger partial charge is 0.390 e. The predicted octanol–water partition coefficient (Wildman–Crippen LogP) is 1.56. The van der Waals surface area contributed by atoms with Crippen molar-refractivity contribution >= 4 is 0 Å². The highest BCUT2D eigenvalue weighted by Gasteiger charge is 2.08. The van der Waals surface area contributed by atoms with Crippen molar-refractivity contribution in [2.45, 2.75) is 39.2 Å². The minimum Gasteiger partial charge on any atom is -0.390 e. The molecule has 44 valence electrons. The Morgan fingerprint density at radius 3 is 2.43 bits per heavy atom. The molecule has 0 aliphatic rings. The van der Waals surface area contributed by atoms with Crippen LogP contribution in [0.3, 0.4) is 0 Å². The highest BCUT2D eigenvalue weighted by molar-refractivity contribution is 4.61. The van der Waals surface area contributed by atoms with E-state index in [0.717, 1.165) is 12.8 Å². The predicted molar refractivity (Wildman–Crippen MR) is 31.2 cm³/mol. The first kappa shape index (κ1) is 5.10. The normalized spacial score (nSPS) is 13.9. The molecule has 0 aromatic heterocycles. The van der Waals surface area contributed by atoms with Crippen LogP contribution in [0.15, 0.2) is 0 Å². The van der Waals surface area contributed by atoms with Crippen molar-refractivity contribution in [1.29, 1.82) is 0 Å². The Balaban J connectivity index is 3.11. The third-order valence-electron chi connectivity index (χ3n) is 0.789. The molecule has 0 aromatic carbocycles. The van der Waals surface area contributed by atoms with Gasteiger partial charge in [-0.15, -0.1) is 0 Å². The van der Waals surface area contributed by atoms with E-state index in [1.807, 2.05) is 0 Å². The standard InChI is InChI=1S/C6H14O/c1-4-5-6(2,3)7/h7H,4-5H2,1-3H3/i1D. The van der Waals surface area contributed by atoms with Gasteiger partial charge in [0, 0.05) is 1.37 Å². The van der Waals surface area contributed by atoms with E-state index in [2.05, 4.69) is 0 Å². The van der Waals surface area contributed by atoms with Crippen molar-refractivity contribution < 1.29 is 6.48 Å². The number of hydrogen-bond acceptors (Lipinski definition) is 1. The third-order valence-corrected chi connectivity index (χ3v) is 0.789. The van der Waals surface area contributed by atoms with Crippen LogP contribution >= 0.6 is 0 Å². The van der Waals surface area contributed by atoms with Gasteiger partial charge >= 0.3 is 0 Å². The monoisotopic (exact) mass is 103 g/mol. The van der Waals surface area contributed by atoms with Crippen molar-refractivity contribution in [3.8, 4) is 0 Å². The van der Waals surface area contributed by atoms with E-state index in [9.17, 15) is 0 Å². The van der Waals surface area contributed by atoms with Gasteiger partial charge in [0.05, 0.1) is 5.60 Å². The molecular weight excluding hydrogens is 88.1 g/mol. The fourth-order valence-corrected chi connectivity index (χ4v) is 0.433. The van der Waals surface area contributed by atoms with Crippen LogP contribution in [0.5, 0.6) is 0 Å². The Bertz CT molecular complexity index is 56.0. The second-order valence-electron chi connectivity index (χ2n) is 2.42. The van der Waals surface area contributed by atoms with Crippen LogP contribution in [-0.4, -0.2) is 10.7 Å². The van der Waals surface area contributed by atoms with Crippen LogP contribution in [0, 0.1) is 0 Å². The van der Waals surface area contributed by atoms with Gasteiger partial charge in [-0.3, -0.25) is 0 Å². The van der Waals surface area contributed by atoms with Gasteiger partial charge in [0.1, 0.15) is 0 Å². The molecule has 0 saturated heterocycles. The lowest BCUT2D eigenvalue weighted by Crippen LogP contribution is -2.16. The Hall–Kier alpha value is -0.0400. The maximum Gasteiger partial charge on any atom is 0.0591 e. The molecule has 1 nitrogen and oxygen atoms in total. The van der Waals surface area contributed by atoms with Crippen molar-refractivity contribution in [3.63, 3.8) is 0 Å². The SMILES string of the molecule is [2H]CCCC(C)(C)O. The summed E-state index contributed by atoms with van der Waals surface area (Å²) < 4.78 is 6.77. The fourth-order valence-electron chi connectivity index (χ4n) is 0.433. The van der Waals surface area contributed by atoms with Gasteiger partial charge in [0.25, 0.3) is 0 Å². The van der Waals surface area contributed by atoms with E-state index in [0.29, 0.717) is 6.90 Å². The summed E-state index contributed by atoms with van der Waals surface area (Å²) in [4.78, 5) is 0. The average Bonchev–Trinajstić information content (AvgIpc) is 1.59. The molecule has 0 saturated carbocycles. The first-order valence-electron chi connectivity index (χ1n) is 3.28. The zero-order chi connectivity index (χ0) is 6.62. The maximum absolute atomic E-state index is 9.07. The van der Waals surface area contributed by atoms with Crippen LogP contribution < -0.4 is 0 Å². The van der Waals surface area contributed by atoms with Gasteiger partial charge in [0.2, 0.25) is 0 Å². The number of rotatable bonds is 2. The molecule has 7 heavy (non-hydrogen) atoms. The Morgan fingerprint density at radius 1 is 1.71 bits per heavy atom. The molecule has 1 heteroatoms. The van der Waals surface area contributed by atoms with Crippen molar-refractivity contribution in [2.24, 2.45) is 0 Å². The molecule has 0 amide bonds. The third kappa shape index (κ3) is 5.96. The quantitative estimate of drug-likeness (QED) is 0.562. The topological polar surface area (TPSA) is 20.2 Å². The molecule has 0 atom stereocenters. The van der Waals surface area contributed by atoms with Gasteiger partial charge < -0.3 is 5.11 Å². The van der Waals surface area contributed by atoms with Crippen LogP contribution in [0.2, 0.25) is 0 Å². The van der Waals surface area contributed by atoms with E-state index in [1.165, 1.54) is 0 Å². The van der Waals surface area contributed by atoms with Gasteiger partial charge in [-0.05, 0) is 20.3 Å². The lowest BCUT2D eigenvalue weighted by molar-refractivity contribution is 0.0703. The number of hydrogen-bond donors (Lipinski definition) is 1. The second-order valence-corrected chi connectivity index (χ2v) is 2.42. The fraction of sp³-hybridized carbons (Fsp3) is 1.00. The molecule has 0 spiro atoms. The van der Waals surface area contributed by atoms with E-state index in [-0.39, 0.29) is 0 Å². The Kier molecular flexibility index (Phi) is 1.69. The first-order valence-corrected chi connectivity index (χ1v) is 2.58. The zero-order valence-electron chi connectivity index (χ0n) is 6.07. The van der Waals surface area contributed by atoms with Gasteiger partial charge in [0.15, 0.2) is 0 Å². The molecule has 0 bridgehead atoms. The smallest absolute Gasteiger partial charge is 0.0591 e. The summed E-state index contributed by atoms with van der Waals surface area (Å²) in [5, 5.41) is 9.07. The van der Waals surface area contributed by atoms with Crippen molar-refractivity contribution in [1.82, 2.24) is 0 Å². The average molecular weight is 103 g/mol. The molecule has 1 N–H and O–H groups in total. The Morgan fingerprint density at radius 2 is 2.29 bits per heavy atom. The molecule has 0 fully saturated rings. The molecule has 0 aliphatic carbocycles. The van der Waals surface area contributed by atoms with Crippen molar-refractivity contribution in [3.05, 3.63) is 0 Å². The van der Waals surface area contributed by atoms with Crippen molar-refractivity contribution in [2.75, 3.05) is 0 Å². The molecule has 0 aromatic rings. The zero-order valence-corrected chi connectivity index (χ0v) is 5.07. The second kappa shape index (κ2) is 2.31. The summed E-state index contributed by atoms with van der Waals surface area (Å²) in [6.45, 7) is 3.95. The first-order chi connectivity index (χ1) is 3.56. The lowest BCUT2D eigenvalue weighted by atomic mass is 10.0. The van der Waals surface area contributed by atoms with E-state index < -0.39 is 5.60 Å². The molecule has 0 heterocycles. The molecule has 0 aliphatic heterocycles. The van der Waals surface area contributed by atoms with E-state index in [1.54, 1.807) is 13.8 Å². The lowest BCUT2D eigenvalue weighted by Gasteiger charge is -2.14. The molecule has 0 rings (SSSR count). The highest BCUT2D eigenvalue weighted by Crippen LogP contribution is 2.08. The summed E-state index contributed by atoms with van der Waals surface area (Å²) in [6, 6.07) is 0. The molecule has 0 radical (unpaired) electrons. The van der Waals surface area contributed by atoms with Gasteiger partial charge in [-0.25, -0.2) is 0 Å². The minimum absolute atomic E-state index is 0.421. The van der Waals surface area contributed by atoms with Gasteiger partial charge in [-0.1, -0.05) is 13.3 Å². The Labute approximate surface area is 46.8 Å².